The van der Waals surface area contributed by atoms with E-state index in [0.29, 0.717) is 11.7 Å². The Balaban J connectivity index is 1.50. The van der Waals surface area contributed by atoms with Crippen LogP contribution in [0, 0.1) is 0 Å². The van der Waals surface area contributed by atoms with Gasteiger partial charge in [0.2, 0.25) is 0 Å². The van der Waals surface area contributed by atoms with Gasteiger partial charge in [-0.25, -0.2) is 9.67 Å². The number of hydrogen-bond donors (Lipinski definition) is 2. The predicted molar refractivity (Wildman–Crippen MR) is 90.9 cm³/mol. The van der Waals surface area contributed by atoms with E-state index in [-0.39, 0.29) is 11.4 Å². The number of carbonyl (C=O) groups is 1. The standard InChI is InChI=1S/C16H22N6OS/c23-14(13-11-22(21-20-13)12-3-7-17-8-4-12)19-16(5-1-2-6-16)15-18-9-10-24-15/h9-12,17H,1-8H2,(H,19,23). The number of rotatable bonds is 4. The summed E-state index contributed by atoms with van der Waals surface area (Å²) in [6.07, 6.45) is 9.74. The molecule has 2 fully saturated rings. The molecule has 1 aliphatic heterocycles. The lowest BCUT2D eigenvalue weighted by Gasteiger charge is -2.27. The van der Waals surface area contributed by atoms with Gasteiger partial charge < -0.3 is 10.6 Å². The third kappa shape index (κ3) is 2.95. The molecule has 1 saturated heterocycles. The number of carbonyl (C=O) groups excluding carboxylic acids is 1. The molecule has 0 unspecified atom stereocenters. The molecule has 2 aromatic rings. The van der Waals surface area contributed by atoms with Crippen LogP contribution in [0.4, 0.5) is 0 Å². The molecule has 24 heavy (non-hydrogen) atoms. The maximum absolute atomic E-state index is 12.7. The van der Waals surface area contributed by atoms with E-state index in [2.05, 4.69) is 25.9 Å². The van der Waals surface area contributed by atoms with Crippen molar-refractivity contribution in [3.05, 3.63) is 28.5 Å². The van der Waals surface area contributed by atoms with E-state index in [0.717, 1.165) is 56.6 Å². The van der Waals surface area contributed by atoms with Crippen molar-refractivity contribution in [1.29, 1.82) is 0 Å². The van der Waals surface area contributed by atoms with Crippen LogP contribution < -0.4 is 10.6 Å². The van der Waals surface area contributed by atoms with Crippen LogP contribution in [-0.2, 0) is 5.54 Å². The average Bonchev–Trinajstić information content (AvgIpc) is 3.36. The lowest BCUT2D eigenvalue weighted by molar-refractivity contribution is 0.0892. The van der Waals surface area contributed by atoms with Crippen LogP contribution in [0.3, 0.4) is 0 Å². The third-order valence-electron chi connectivity index (χ3n) is 5.08. The highest BCUT2D eigenvalue weighted by Gasteiger charge is 2.40. The summed E-state index contributed by atoms with van der Waals surface area (Å²) in [5.41, 5.74) is 0.0698. The first-order valence-corrected chi connectivity index (χ1v) is 9.50. The predicted octanol–water partition coefficient (Wildman–Crippen LogP) is 1.86. The number of thiazole rings is 1. The van der Waals surface area contributed by atoms with Crippen molar-refractivity contribution in [3.63, 3.8) is 0 Å². The molecule has 128 valence electrons. The van der Waals surface area contributed by atoms with Crippen LogP contribution in [0.5, 0.6) is 0 Å². The number of piperidine rings is 1. The summed E-state index contributed by atoms with van der Waals surface area (Å²) in [7, 11) is 0. The Labute approximate surface area is 144 Å². The fourth-order valence-electron chi connectivity index (χ4n) is 3.74. The second kappa shape index (κ2) is 6.60. The minimum absolute atomic E-state index is 0.146. The lowest BCUT2D eigenvalue weighted by Crippen LogP contribution is -2.43. The molecule has 1 saturated carbocycles. The van der Waals surface area contributed by atoms with Crippen LogP contribution in [-0.4, -0.2) is 39.0 Å². The molecule has 2 aromatic heterocycles. The Bertz CT molecular complexity index is 685. The normalized spacial score (nSPS) is 21.0. The van der Waals surface area contributed by atoms with Crippen molar-refractivity contribution in [3.8, 4) is 0 Å². The minimum atomic E-state index is -0.330. The quantitative estimate of drug-likeness (QED) is 0.883. The first kappa shape index (κ1) is 15.7. The SMILES string of the molecule is O=C(NC1(c2nccs2)CCCC1)c1cn(C2CCNCC2)nn1. The van der Waals surface area contributed by atoms with Crippen molar-refractivity contribution >= 4 is 17.2 Å². The molecule has 7 nitrogen and oxygen atoms in total. The minimum Gasteiger partial charge on any atom is -0.339 e. The average molecular weight is 346 g/mol. The topological polar surface area (TPSA) is 84.7 Å². The molecule has 0 aromatic carbocycles. The molecular formula is C16H22N6OS. The lowest BCUT2D eigenvalue weighted by atomic mass is 9.98. The maximum Gasteiger partial charge on any atom is 0.274 e. The van der Waals surface area contributed by atoms with Gasteiger partial charge in [0.25, 0.3) is 5.91 Å². The van der Waals surface area contributed by atoms with Gasteiger partial charge in [-0.3, -0.25) is 4.79 Å². The van der Waals surface area contributed by atoms with Crippen molar-refractivity contribution in [2.75, 3.05) is 13.1 Å². The summed E-state index contributed by atoms with van der Waals surface area (Å²) in [5, 5.41) is 17.8. The smallest absolute Gasteiger partial charge is 0.274 e. The molecule has 4 rings (SSSR count). The van der Waals surface area contributed by atoms with E-state index in [1.54, 1.807) is 23.7 Å². The molecule has 1 amide bonds. The van der Waals surface area contributed by atoms with Crippen LogP contribution in [0.25, 0.3) is 0 Å². The van der Waals surface area contributed by atoms with E-state index in [4.69, 9.17) is 0 Å². The maximum atomic E-state index is 12.7. The molecule has 0 radical (unpaired) electrons. The molecular weight excluding hydrogens is 324 g/mol. The van der Waals surface area contributed by atoms with Gasteiger partial charge in [0.05, 0.1) is 17.8 Å². The molecule has 0 atom stereocenters. The molecule has 2 N–H and O–H groups in total. The van der Waals surface area contributed by atoms with Crippen molar-refractivity contribution in [2.45, 2.75) is 50.1 Å². The second-order valence-corrected chi connectivity index (χ2v) is 7.54. The van der Waals surface area contributed by atoms with E-state index < -0.39 is 0 Å². The summed E-state index contributed by atoms with van der Waals surface area (Å²) in [5.74, 6) is -0.146. The van der Waals surface area contributed by atoms with Crippen LogP contribution in [0.1, 0.15) is 60.1 Å². The fraction of sp³-hybridized carbons (Fsp3) is 0.625. The van der Waals surface area contributed by atoms with Gasteiger partial charge in [-0.2, -0.15) is 0 Å². The highest BCUT2D eigenvalue weighted by Crippen LogP contribution is 2.39. The van der Waals surface area contributed by atoms with E-state index in [1.807, 2.05) is 10.1 Å². The number of hydrogen-bond acceptors (Lipinski definition) is 6. The summed E-state index contributed by atoms with van der Waals surface area (Å²) >= 11 is 1.61. The van der Waals surface area contributed by atoms with Gasteiger partial charge in [0.1, 0.15) is 5.01 Å². The molecule has 8 heteroatoms. The number of nitrogens with zero attached hydrogens (tertiary/aromatic N) is 4. The van der Waals surface area contributed by atoms with Gasteiger partial charge in [-0.1, -0.05) is 18.1 Å². The third-order valence-corrected chi connectivity index (χ3v) is 6.05. The van der Waals surface area contributed by atoms with Gasteiger partial charge in [-0.15, -0.1) is 16.4 Å². The molecule has 0 bridgehead atoms. The van der Waals surface area contributed by atoms with E-state index in [9.17, 15) is 4.79 Å². The zero-order valence-corrected chi connectivity index (χ0v) is 14.4. The Morgan fingerprint density at radius 1 is 1.33 bits per heavy atom. The van der Waals surface area contributed by atoms with Gasteiger partial charge in [0.15, 0.2) is 5.69 Å². The molecule has 1 aliphatic carbocycles. The summed E-state index contributed by atoms with van der Waals surface area (Å²) < 4.78 is 1.85. The monoisotopic (exact) mass is 346 g/mol. The number of nitrogens with one attached hydrogen (secondary N) is 2. The van der Waals surface area contributed by atoms with Crippen LogP contribution in [0.2, 0.25) is 0 Å². The molecule has 2 aliphatic rings. The first-order chi connectivity index (χ1) is 11.8. The largest absolute Gasteiger partial charge is 0.339 e. The Morgan fingerprint density at radius 2 is 2.12 bits per heavy atom. The van der Waals surface area contributed by atoms with E-state index >= 15 is 0 Å². The summed E-state index contributed by atoms with van der Waals surface area (Å²) in [6, 6.07) is 0.333. The second-order valence-electron chi connectivity index (χ2n) is 6.65. The van der Waals surface area contributed by atoms with E-state index in [1.165, 1.54) is 0 Å². The summed E-state index contributed by atoms with van der Waals surface area (Å²) in [6.45, 7) is 1.97. The fourth-order valence-corrected chi connectivity index (χ4v) is 4.60. The zero-order chi connectivity index (χ0) is 16.4. The Morgan fingerprint density at radius 3 is 2.83 bits per heavy atom. The van der Waals surface area contributed by atoms with Crippen LogP contribution >= 0.6 is 11.3 Å². The highest BCUT2D eigenvalue weighted by atomic mass is 32.1. The molecule has 3 heterocycles. The van der Waals surface area contributed by atoms with Gasteiger partial charge in [0, 0.05) is 11.6 Å². The molecule has 0 spiro atoms. The summed E-state index contributed by atoms with van der Waals surface area (Å²) in [4.78, 5) is 17.2. The van der Waals surface area contributed by atoms with Crippen molar-refractivity contribution in [2.24, 2.45) is 0 Å². The first-order valence-electron chi connectivity index (χ1n) is 8.62. The highest BCUT2D eigenvalue weighted by molar-refractivity contribution is 7.09. The van der Waals surface area contributed by atoms with Gasteiger partial charge >= 0.3 is 0 Å². The zero-order valence-electron chi connectivity index (χ0n) is 13.6. The van der Waals surface area contributed by atoms with Crippen LogP contribution in [0.15, 0.2) is 17.8 Å². The van der Waals surface area contributed by atoms with Crippen molar-refractivity contribution in [1.82, 2.24) is 30.6 Å². The van der Waals surface area contributed by atoms with Gasteiger partial charge in [-0.05, 0) is 38.8 Å². The number of amides is 1. The Kier molecular flexibility index (Phi) is 4.32. The Hall–Kier alpha value is -1.80. The van der Waals surface area contributed by atoms with Crippen molar-refractivity contribution < 1.29 is 4.79 Å². The number of aromatic nitrogens is 4.